The summed E-state index contributed by atoms with van der Waals surface area (Å²) in [6.45, 7) is 14.7. The van der Waals surface area contributed by atoms with Crippen LogP contribution in [0, 0.1) is 12.1 Å². The maximum Gasteiger partial charge on any atom is 2.00 e. The first-order chi connectivity index (χ1) is 20.7. The summed E-state index contributed by atoms with van der Waals surface area (Å²) < 4.78 is 2.30. The van der Waals surface area contributed by atoms with E-state index in [9.17, 15) is 0 Å². The second-order valence-electron chi connectivity index (χ2n) is 12.8. The van der Waals surface area contributed by atoms with Crippen LogP contribution in [0.2, 0.25) is 13.1 Å². The van der Waals surface area contributed by atoms with Gasteiger partial charge in [-0.05, 0) is 61.0 Å². The van der Waals surface area contributed by atoms with E-state index in [0.717, 1.165) is 29.2 Å². The monoisotopic (exact) mass is 773 g/mol. The topological polar surface area (TPSA) is 24.3 Å². The van der Waals surface area contributed by atoms with Gasteiger partial charge in [-0.2, -0.15) is 46.8 Å². The van der Waals surface area contributed by atoms with E-state index in [1.54, 1.807) is 0 Å². The fourth-order valence-electron chi connectivity index (χ4n) is 6.42. The molecule has 4 nitrogen and oxygen atoms in total. The minimum absolute atomic E-state index is 0. The maximum atomic E-state index is 4.85. The van der Waals surface area contributed by atoms with Gasteiger partial charge in [-0.3, -0.25) is 0 Å². The summed E-state index contributed by atoms with van der Waals surface area (Å²) in [5, 5.41) is 4.99. The molecular weight excluding hydrogens is 736 g/mol. The number of pyridine rings is 1. The fourth-order valence-corrected chi connectivity index (χ4v) is 8.60. The van der Waals surface area contributed by atoms with Gasteiger partial charge in [0.15, 0.2) is 0 Å². The molecule has 0 saturated carbocycles. The molecule has 3 heterocycles. The van der Waals surface area contributed by atoms with Crippen molar-refractivity contribution in [2.45, 2.75) is 52.7 Å². The molecule has 6 heteroatoms. The van der Waals surface area contributed by atoms with Crippen molar-refractivity contribution >= 4 is 57.3 Å². The first-order valence-corrected chi connectivity index (χ1v) is 18.3. The van der Waals surface area contributed by atoms with Gasteiger partial charge in [0.25, 0.3) is 0 Å². The van der Waals surface area contributed by atoms with Crippen LogP contribution in [0.1, 0.15) is 39.2 Å². The van der Waals surface area contributed by atoms with Crippen molar-refractivity contribution in [3.05, 3.63) is 115 Å². The van der Waals surface area contributed by atoms with E-state index in [4.69, 9.17) is 4.98 Å². The third-order valence-electron chi connectivity index (χ3n) is 9.07. The van der Waals surface area contributed by atoms with Crippen LogP contribution in [0.15, 0.2) is 97.2 Å². The summed E-state index contributed by atoms with van der Waals surface area (Å²) in [7, 11) is -2.17. The molecule has 7 rings (SSSR count). The minimum Gasteiger partial charge on any atom is -0.349 e. The fraction of sp³-hybridized carbons (Fsp3) is 0.237. The number of fused-ring (bicyclic) bond motifs is 4. The van der Waals surface area contributed by atoms with Crippen LogP contribution in [0.4, 0.5) is 17.1 Å². The van der Waals surface area contributed by atoms with Crippen molar-refractivity contribution < 1.29 is 21.1 Å². The van der Waals surface area contributed by atoms with Crippen molar-refractivity contribution in [3.63, 3.8) is 0 Å². The normalized spacial score (nSPS) is 13.3. The number of hydrogen-bond donors (Lipinski definition) is 0. The summed E-state index contributed by atoms with van der Waals surface area (Å²) >= 11 is 0. The largest absolute Gasteiger partial charge is 2.00 e. The van der Waals surface area contributed by atoms with Crippen molar-refractivity contribution in [1.82, 2.24) is 9.55 Å². The number of anilines is 3. The number of aromatic nitrogens is 2. The summed E-state index contributed by atoms with van der Waals surface area (Å²) in [5.41, 5.74) is 7.19. The van der Waals surface area contributed by atoms with Crippen LogP contribution in [-0.2, 0) is 21.1 Å². The summed E-state index contributed by atoms with van der Waals surface area (Å²) in [6, 6.07) is 41.2. The van der Waals surface area contributed by atoms with Crippen molar-refractivity contribution in [1.29, 1.82) is 0 Å². The second kappa shape index (κ2) is 11.7. The van der Waals surface area contributed by atoms with Gasteiger partial charge in [0.2, 0.25) is 0 Å². The number of para-hydroxylation sites is 3. The standard InChI is InChI=1S/C38H38N4Si.Pt/c1-26(2)28-20-21-39-38(22-28)42-34-15-8-7-14-32(34)33-19-18-31(24-37(33)42)43(5,6)30-13-11-12-29(23-30)41-25-40(27(3)4)35-16-9-10-17-36(35)41;/h7-22,26-27H,25H2,1-6H3;/q-2;+2. The zero-order valence-electron chi connectivity index (χ0n) is 26.2. The summed E-state index contributed by atoms with van der Waals surface area (Å²) in [5.74, 6) is 1.37. The Kier molecular flexibility index (Phi) is 8.06. The third kappa shape index (κ3) is 5.00. The van der Waals surface area contributed by atoms with Gasteiger partial charge in [0.05, 0.1) is 26.1 Å². The Balaban J connectivity index is 0.00000343. The molecule has 44 heavy (non-hydrogen) atoms. The first-order valence-electron chi connectivity index (χ1n) is 15.3. The van der Waals surface area contributed by atoms with Crippen molar-refractivity contribution in [3.8, 4) is 5.82 Å². The van der Waals surface area contributed by atoms with E-state index in [1.807, 2.05) is 6.20 Å². The van der Waals surface area contributed by atoms with Crippen LogP contribution < -0.4 is 20.2 Å². The maximum absolute atomic E-state index is 4.85. The number of hydrogen-bond acceptors (Lipinski definition) is 3. The van der Waals surface area contributed by atoms with Crippen molar-refractivity contribution in [2.75, 3.05) is 16.5 Å². The van der Waals surface area contributed by atoms with Crippen LogP contribution >= 0.6 is 0 Å². The Hall–Kier alpha value is -3.66. The van der Waals surface area contributed by atoms with Crippen LogP contribution in [0.5, 0.6) is 0 Å². The average Bonchev–Trinajstić information content (AvgIpc) is 3.57. The van der Waals surface area contributed by atoms with Crippen molar-refractivity contribution in [2.24, 2.45) is 0 Å². The van der Waals surface area contributed by atoms with Gasteiger partial charge < -0.3 is 14.4 Å². The molecule has 0 atom stereocenters. The van der Waals surface area contributed by atoms with Gasteiger partial charge in [-0.25, -0.2) is 4.98 Å². The molecular formula is C38H38N4PtSi. The summed E-state index contributed by atoms with van der Waals surface area (Å²) in [4.78, 5) is 9.71. The molecule has 0 bridgehead atoms. The molecule has 224 valence electrons. The number of rotatable bonds is 6. The SMILES string of the molecule is CC(C)c1ccnc(-n2c3[c-]c([Si](C)(C)c4[c-]c(N5CN(C(C)C)c6ccccc65)ccc4)ccc3c3ccccc32)c1.[Pt+2]. The van der Waals surface area contributed by atoms with Gasteiger partial charge in [0, 0.05) is 17.8 Å². The van der Waals surface area contributed by atoms with E-state index >= 15 is 0 Å². The summed E-state index contributed by atoms with van der Waals surface area (Å²) in [6.07, 6.45) is 1.94. The predicted molar refractivity (Wildman–Crippen MR) is 185 cm³/mol. The Morgan fingerprint density at radius 1 is 0.750 bits per heavy atom. The van der Waals surface area contributed by atoms with E-state index in [2.05, 4.69) is 158 Å². The van der Waals surface area contributed by atoms with Gasteiger partial charge in [-0.15, -0.1) is 11.5 Å². The zero-order chi connectivity index (χ0) is 29.9. The molecule has 4 aromatic carbocycles. The molecule has 0 fully saturated rings. The van der Waals surface area contributed by atoms with E-state index in [1.165, 1.54) is 38.1 Å². The molecule has 0 radical (unpaired) electrons. The van der Waals surface area contributed by atoms with E-state index in [0.29, 0.717) is 12.0 Å². The predicted octanol–water partition coefficient (Wildman–Crippen LogP) is 8.05. The zero-order valence-corrected chi connectivity index (χ0v) is 29.5. The quantitative estimate of drug-likeness (QED) is 0.127. The Morgan fingerprint density at radius 2 is 1.48 bits per heavy atom. The molecule has 0 unspecified atom stereocenters. The van der Waals surface area contributed by atoms with Crippen LogP contribution in [0.3, 0.4) is 0 Å². The average molecular weight is 774 g/mol. The van der Waals surface area contributed by atoms with Gasteiger partial charge in [-0.1, -0.05) is 68.5 Å². The second-order valence-corrected chi connectivity index (χ2v) is 17.1. The molecule has 2 aromatic heterocycles. The molecule has 0 amide bonds. The van der Waals surface area contributed by atoms with E-state index < -0.39 is 8.07 Å². The molecule has 0 spiro atoms. The Labute approximate surface area is 276 Å². The molecule has 1 aliphatic rings. The molecule has 6 aromatic rings. The number of nitrogens with zero attached hydrogens (tertiary/aromatic N) is 4. The Bertz CT molecular complexity index is 1980. The van der Waals surface area contributed by atoms with E-state index in [-0.39, 0.29) is 21.1 Å². The number of benzene rings is 4. The molecule has 0 saturated heterocycles. The molecule has 0 aliphatic carbocycles. The molecule has 0 N–H and O–H groups in total. The Morgan fingerprint density at radius 3 is 2.25 bits per heavy atom. The smallest absolute Gasteiger partial charge is 0.349 e. The van der Waals surface area contributed by atoms with Gasteiger partial charge >= 0.3 is 21.1 Å². The van der Waals surface area contributed by atoms with Crippen LogP contribution in [0.25, 0.3) is 27.6 Å². The van der Waals surface area contributed by atoms with Gasteiger partial charge in [0.1, 0.15) is 5.82 Å². The molecule has 1 aliphatic heterocycles. The van der Waals surface area contributed by atoms with Crippen LogP contribution in [-0.4, -0.2) is 30.3 Å². The first kappa shape index (κ1) is 30.4. The third-order valence-corrected chi connectivity index (χ3v) is 12.3. The minimum atomic E-state index is -2.17.